The average molecular weight is 582 g/mol. The van der Waals surface area contributed by atoms with Crippen LogP contribution in [0.2, 0.25) is 10.0 Å². The fraction of sp³-hybridized carbons (Fsp3) is 0.0800. The number of aryl methyl sites for hydroxylation is 1. The third-order valence-corrected chi connectivity index (χ3v) is 7.00. The third kappa shape index (κ3) is 6.29. The molecule has 2 N–H and O–H groups in total. The molecule has 0 spiro atoms. The van der Waals surface area contributed by atoms with Gasteiger partial charge >= 0.3 is 29.6 Å². The van der Waals surface area contributed by atoms with Crippen molar-refractivity contribution < 1.29 is 57.2 Å². The Labute approximate surface area is 250 Å². The number of carbonyl (C=O) groups is 1. The number of benzene rings is 4. The van der Waals surface area contributed by atoms with Crippen molar-refractivity contribution in [3.8, 4) is 11.5 Å². The number of anilines is 1. The Morgan fingerprint density at radius 2 is 1.74 bits per heavy atom. The van der Waals surface area contributed by atoms with Gasteiger partial charge in [0.1, 0.15) is 11.4 Å². The summed E-state index contributed by atoms with van der Waals surface area (Å²) in [7, 11) is -3.03. The van der Waals surface area contributed by atoms with Crippen LogP contribution in [0.1, 0.15) is 15.9 Å². The van der Waals surface area contributed by atoms with Gasteiger partial charge in [-0.25, -0.2) is 0 Å². The maximum Gasteiger partial charge on any atom is 1.00 e. The minimum atomic E-state index is -4.49. The van der Waals surface area contributed by atoms with Gasteiger partial charge in [-0.3, -0.25) is 9.35 Å². The summed E-state index contributed by atoms with van der Waals surface area (Å²) >= 11 is 12.3. The van der Waals surface area contributed by atoms with Crippen LogP contribution in [-0.2, 0) is 10.1 Å². The first-order chi connectivity index (χ1) is 17.5. The van der Waals surface area contributed by atoms with E-state index < -0.39 is 21.8 Å². The molecule has 0 aliphatic carbocycles. The molecule has 0 saturated heterocycles. The number of halogens is 2. The molecule has 0 fully saturated rings. The molecule has 4 aromatic carbocycles. The second kappa shape index (κ2) is 12.0. The average Bonchev–Trinajstić information content (AvgIpc) is 2.84. The van der Waals surface area contributed by atoms with E-state index in [9.17, 15) is 22.9 Å². The van der Waals surface area contributed by atoms with E-state index in [2.05, 4.69) is 15.5 Å². The first-order valence-electron chi connectivity index (χ1n) is 10.6. The largest absolute Gasteiger partial charge is 1.00 e. The van der Waals surface area contributed by atoms with E-state index in [0.29, 0.717) is 22.2 Å². The Hall–Kier alpha value is -2.70. The van der Waals surface area contributed by atoms with Gasteiger partial charge in [0, 0.05) is 16.6 Å². The zero-order chi connectivity index (χ0) is 26.9. The summed E-state index contributed by atoms with van der Waals surface area (Å²) in [5.74, 6) is -0.933. The van der Waals surface area contributed by atoms with E-state index in [1.165, 1.54) is 32.2 Å². The molecule has 13 heteroatoms. The predicted molar refractivity (Wildman–Crippen MR) is 140 cm³/mol. The minimum absolute atomic E-state index is 0. The monoisotopic (exact) mass is 581 g/mol. The van der Waals surface area contributed by atoms with Gasteiger partial charge in [0.2, 0.25) is 0 Å². The van der Waals surface area contributed by atoms with E-state index in [4.69, 9.17) is 27.9 Å². The number of amides is 1. The van der Waals surface area contributed by atoms with E-state index >= 15 is 0 Å². The molecule has 4 rings (SSSR count). The molecule has 0 unspecified atom stereocenters. The quantitative estimate of drug-likeness (QED) is 0.203. The summed E-state index contributed by atoms with van der Waals surface area (Å²) < 4.78 is 37.5. The number of azo groups is 1. The number of hydrogen-bond donors (Lipinski definition) is 2. The standard InChI is InChI=1S/C25H19Cl2N3O6S.Na/c1-13-9-20(18(26)12-22(13)37(33,34)35)29-30-23-16-6-4-3-5-14(16)10-17(24(23)31)25(32)28-15-7-8-21(36-2)19(27)11-15;/h3-12,31H,1-2H3,(H,28,32)(H,33,34,35);/q;+1/p-1. The Balaban J connectivity index is 0.00000400. The summed E-state index contributed by atoms with van der Waals surface area (Å²) in [4.78, 5) is 12.7. The van der Waals surface area contributed by atoms with Gasteiger partial charge in [0.25, 0.3) is 16.0 Å². The van der Waals surface area contributed by atoms with Gasteiger partial charge in [-0.2, -0.15) is 13.5 Å². The summed E-state index contributed by atoms with van der Waals surface area (Å²) in [5.41, 5.74) is 0.317. The van der Waals surface area contributed by atoms with Gasteiger partial charge < -0.3 is 15.2 Å². The van der Waals surface area contributed by atoms with Crippen LogP contribution in [0.3, 0.4) is 0 Å². The van der Waals surface area contributed by atoms with Crippen molar-refractivity contribution in [2.75, 3.05) is 12.4 Å². The Bertz CT molecular complexity index is 1700. The molecule has 0 atom stereocenters. The topological polar surface area (TPSA) is 140 Å². The first-order valence-corrected chi connectivity index (χ1v) is 12.8. The molecular weight excluding hydrogens is 564 g/mol. The summed E-state index contributed by atoms with van der Waals surface area (Å²) in [5, 5.41) is 25.3. The summed E-state index contributed by atoms with van der Waals surface area (Å²) in [6.07, 6.45) is 0. The van der Waals surface area contributed by atoms with Crippen molar-refractivity contribution in [1.29, 1.82) is 0 Å². The van der Waals surface area contributed by atoms with Crippen LogP contribution in [0.25, 0.3) is 10.8 Å². The maximum absolute atomic E-state index is 13.3. The van der Waals surface area contributed by atoms with Crippen molar-refractivity contribution in [3.05, 3.63) is 81.8 Å². The van der Waals surface area contributed by atoms with Crippen molar-refractivity contribution in [2.24, 2.45) is 10.2 Å². The molecule has 0 aliphatic rings. The van der Waals surface area contributed by atoms with Crippen molar-refractivity contribution in [1.82, 2.24) is 0 Å². The van der Waals surface area contributed by atoms with E-state index in [1.807, 2.05) is 0 Å². The van der Waals surface area contributed by atoms with Crippen LogP contribution in [0.5, 0.6) is 11.5 Å². The Morgan fingerprint density at radius 3 is 2.39 bits per heavy atom. The number of rotatable bonds is 6. The van der Waals surface area contributed by atoms with Crippen LogP contribution in [0.15, 0.2) is 75.8 Å². The number of nitrogens with zero attached hydrogens (tertiary/aromatic N) is 2. The van der Waals surface area contributed by atoms with E-state index in [-0.39, 0.29) is 67.0 Å². The first kappa shape index (κ1) is 29.9. The minimum Gasteiger partial charge on any atom is -0.870 e. The number of nitrogens with one attached hydrogen (secondary N) is 1. The van der Waals surface area contributed by atoms with Crippen molar-refractivity contribution >= 4 is 67.1 Å². The molecule has 0 saturated carbocycles. The van der Waals surface area contributed by atoms with Crippen LogP contribution in [0.4, 0.5) is 17.1 Å². The fourth-order valence-electron chi connectivity index (χ4n) is 3.63. The maximum atomic E-state index is 13.3. The molecule has 9 nitrogen and oxygen atoms in total. The molecule has 4 aromatic rings. The molecular formula is C25H18Cl2N3NaO6S. The number of methoxy groups -OCH3 is 1. The summed E-state index contributed by atoms with van der Waals surface area (Å²) in [6.45, 7) is 1.45. The van der Waals surface area contributed by atoms with Crippen molar-refractivity contribution in [3.63, 3.8) is 0 Å². The normalized spacial score (nSPS) is 11.4. The zero-order valence-corrected chi connectivity index (χ0v) is 24.6. The molecule has 0 aliphatic heterocycles. The van der Waals surface area contributed by atoms with Gasteiger partial charge in [-0.15, -0.1) is 5.11 Å². The predicted octanol–water partition coefficient (Wildman–Crippen LogP) is 3.46. The fourth-order valence-corrected chi connectivity index (χ4v) is 4.88. The van der Waals surface area contributed by atoms with Gasteiger partial charge in [0.05, 0.1) is 27.7 Å². The number of fused-ring (bicyclic) bond motifs is 1. The number of hydrogen-bond acceptors (Lipinski definition) is 7. The van der Waals surface area contributed by atoms with E-state index in [1.54, 1.807) is 36.4 Å². The van der Waals surface area contributed by atoms with Gasteiger partial charge in [-0.1, -0.05) is 53.2 Å². The van der Waals surface area contributed by atoms with E-state index in [0.717, 1.165) is 6.07 Å². The second-order valence-electron chi connectivity index (χ2n) is 7.87. The smallest absolute Gasteiger partial charge is 0.870 e. The molecule has 190 valence electrons. The van der Waals surface area contributed by atoms with Gasteiger partial charge in [0.15, 0.2) is 0 Å². The summed E-state index contributed by atoms with van der Waals surface area (Å²) in [6, 6.07) is 15.3. The van der Waals surface area contributed by atoms with Crippen LogP contribution >= 0.6 is 23.2 Å². The Morgan fingerprint density at radius 1 is 1.03 bits per heavy atom. The molecule has 0 bridgehead atoms. The van der Waals surface area contributed by atoms with Gasteiger partial charge in [-0.05, 0) is 54.3 Å². The molecule has 1 amide bonds. The molecule has 0 aromatic heterocycles. The SMILES string of the molecule is COc1ccc(NC(=O)c2cc3ccccc3c(N=Nc3cc(C)c(S(=O)(=O)O)cc3Cl)c2[O-])cc1Cl.[Na+]. The van der Waals surface area contributed by atoms with Crippen LogP contribution in [-0.4, -0.2) is 26.0 Å². The van der Waals surface area contributed by atoms with Crippen LogP contribution < -0.4 is 44.7 Å². The molecule has 38 heavy (non-hydrogen) atoms. The van der Waals surface area contributed by atoms with Crippen molar-refractivity contribution in [2.45, 2.75) is 11.8 Å². The second-order valence-corrected chi connectivity index (χ2v) is 10.1. The Kier molecular flexibility index (Phi) is 9.43. The molecule has 0 heterocycles. The number of carbonyl (C=O) groups excluding carboxylic acids is 1. The third-order valence-electron chi connectivity index (χ3n) is 5.41. The zero-order valence-electron chi connectivity index (χ0n) is 20.3. The molecule has 0 radical (unpaired) electrons. The number of ether oxygens (including phenoxy) is 1. The van der Waals surface area contributed by atoms with Crippen LogP contribution in [0, 0.1) is 6.92 Å².